The molecule has 5 heteroatoms. The van der Waals surface area contributed by atoms with E-state index in [0.29, 0.717) is 23.0 Å². The molecule has 3 nitrogen and oxygen atoms in total. The highest BCUT2D eigenvalue weighted by atomic mass is 35.5. The standard InChI is InChI=1S/C15H15ClN2OS/c16-13-8-12(6-7-14(13)17)20-10-15(19)18-9-11-4-2-1-3-5-11/h1-8H,9-10,17H2,(H,18,19). The molecule has 0 radical (unpaired) electrons. The fourth-order valence-electron chi connectivity index (χ4n) is 1.59. The maximum absolute atomic E-state index is 11.8. The largest absolute Gasteiger partial charge is 0.398 e. The van der Waals surface area contributed by atoms with Crippen molar-refractivity contribution in [2.45, 2.75) is 11.4 Å². The lowest BCUT2D eigenvalue weighted by Crippen LogP contribution is -2.24. The van der Waals surface area contributed by atoms with Gasteiger partial charge in [0.05, 0.1) is 16.5 Å². The predicted octanol–water partition coefficient (Wildman–Crippen LogP) is 3.33. The highest BCUT2D eigenvalue weighted by molar-refractivity contribution is 8.00. The number of rotatable bonds is 5. The van der Waals surface area contributed by atoms with Crippen LogP contribution in [0, 0.1) is 0 Å². The highest BCUT2D eigenvalue weighted by Crippen LogP contribution is 2.26. The smallest absolute Gasteiger partial charge is 0.230 e. The molecular formula is C15H15ClN2OS. The van der Waals surface area contributed by atoms with Crippen LogP contribution in [0.15, 0.2) is 53.4 Å². The molecule has 0 heterocycles. The third-order valence-electron chi connectivity index (χ3n) is 2.67. The maximum atomic E-state index is 11.8. The number of hydrogen-bond acceptors (Lipinski definition) is 3. The van der Waals surface area contributed by atoms with Crippen LogP contribution in [0.2, 0.25) is 5.02 Å². The lowest BCUT2D eigenvalue weighted by atomic mass is 10.2. The van der Waals surface area contributed by atoms with Crippen molar-refractivity contribution < 1.29 is 4.79 Å². The summed E-state index contributed by atoms with van der Waals surface area (Å²) < 4.78 is 0. The van der Waals surface area contributed by atoms with E-state index in [9.17, 15) is 4.79 Å². The zero-order chi connectivity index (χ0) is 14.4. The molecule has 0 saturated heterocycles. The van der Waals surface area contributed by atoms with Gasteiger partial charge in [0.15, 0.2) is 0 Å². The van der Waals surface area contributed by atoms with Crippen molar-refractivity contribution in [2.24, 2.45) is 0 Å². The number of nitrogens with two attached hydrogens (primary N) is 1. The fourth-order valence-corrected chi connectivity index (χ4v) is 2.60. The van der Waals surface area contributed by atoms with Crippen LogP contribution >= 0.6 is 23.4 Å². The van der Waals surface area contributed by atoms with Gasteiger partial charge in [-0.3, -0.25) is 4.79 Å². The van der Waals surface area contributed by atoms with Gasteiger partial charge >= 0.3 is 0 Å². The van der Waals surface area contributed by atoms with Gasteiger partial charge in [0.1, 0.15) is 0 Å². The Kier molecular flexibility index (Phi) is 5.32. The monoisotopic (exact) mass is 306 g/mol. The molecule has 20 heavy (non-hydrogen) atoms. The Morgan fingerprint density at radius 1 is 1.20 bits per heavy atom. The number of benzene rings is 2. The zero-order valence-electron chi connectivity index (χ0n) is 10.8. The first kappa shape index (κ1) is 14.8. The van der Waals surface area contributed by atoms with Gasteiger partial charge < -0.3 is 11.1 Å². The molecule has 0 atom stereocenters. The Balaban J connectivity index is 1.79. The SMILES string of the molecule is Nc1ccc(SCC(=O)NCc2ccccc2)cc1Cl. The van der Waals surface area contributed by atoms with Crippen LogP contribution in [0.4, 0.5) is 5.69 Å². The molecule has 0 aliphatic carbocycles. The van der Waals surface area contributed by atoms with Gasteiger partial charge in [-0.25, -0.2) is 0 Å². The van der Waals surface area contributed by atoms with Crippen molar-refractivity contribution in [3.05, 3.63) is 59.1 Å². The summed E-state index contributed by atoms with van der Waals surface area (Å²) in [5, 5.41) is 3.39. The summed E-state index contributed by atoms with van der Waals surface area (Å²) in [5.41, 5.74) is 7.27. The minimum atomic E-state index is -0.00759. The summed E-state index contributed by atoms with van der Waals surface area (Å²) in [7, 11) is 0. The van der Waals surface area contributed by atoms with Crippen LogP contribution < -0.4 is 11.1 Å². The van der Waals surface area contributed by atoms with Crippen molar-refractivity contribution in [2.75, 3.05) is 11.5 Å². The Bertz CT molecular complexity index is 590. The molecule has 2 rings (SSSR count). The number of carbonyl (C=O) groups excluding carboxylic acids is 1. The van der Waals surface area contributed by atoms with Gasteiger partial charge in [-0.15, -0.1) is 11.8 Å². The molecule has 0 bridgehead atoms. The first-order valence-corrected chi connectivity index (χ1v) is 7.50. The Morgan fingerprint density at radius 2 is 1.95 bits per heavy atom. The second-order valence-corrected chi connectivity index (χ2v) is 5.69. The molecule has 2 aromatic carbocycles. The second-order valence-electron chi connectivity index (χ2n) is 4.23. The molecule has 0 unspecified atom stereocenters. The number of nitrogens with one attached hydrogen (secondary N) is 1. The van der Waals surface area contributed by atoms with E-state index >= 15 is 0 Å². The molecule has 0 aliphatic heterocycles. The summed E-state index contributed by atoms with van der Waals surface area (Å²) >= 11 is 7.37. The number of carbonyl (C=O) groups is 1. The van der Waals surface area contributed by atoms with Crippen molar-refractivity contribution in [3.63, 3.8) is 0 Å². The van der Waals surface area contributed by atoms with E-state index in [2.05, 4.69) is 5.32 Å². The van der Waals surface area contributed by atoms with Crippen LogP contribution in [0.3, 0.4) is 0 Å². The number of halogens is 1. The summed E-state index contributed by atoms with van der Waals surface area (Å²) in [5.74, 6) is 0.347. The van der Waals surface area contributed by atoms with Crippen LogP contribution in [0.1, 0.15) is 5.56 Å². The van der Waals surface area contributed by atoms with Crippen LogP contribution in [0.25, 0.3) is 0 Å². The number of anilines is 1. The third-order valence-corrected chi connectivity index (χ3v) is 4.00. The number of thioether (sulfide) groups is 1. The third kappa shape index (κ3) is 4.47. The Hall–Kier alpha value is -1.65. The van der Waals surface area contributed by atoms with E-state index in [0.717, 1.165) is 10.5 Å². The maximum Gasteiger partial charge on any atom is 0.230 e. The minimum Gasteiger partial charge on any atom is -0.398 e. The van der Waals surface area contributed by atoms with E-state index in [1.54, 1.807) is 12.1 Å². The number of hydrogen-bond donors (Lipinski definition) is 2. The van der Waals surface area contributed by atoms with Gasteiger partial charge in [0.25, 0.3) is 0 Å². The van der Waals surface area contributed by atoms with Crippen molar-refractivity contribution in [1.82, 2.24) is 5.32 Å². The average Bonchev–Trinajstić information content (AvgIpc) is 2.47. The topological polar surface area (TPSA) is 55.1 Å². The summed E-state index contributed by atoms with van der Waals surface area (Å²) in [6, 6.07) is 15.2. The molecule has 2 aromatic rings. The second kappa shape index (κ2) is 7.22. The molecule has 0 fully saturated rings. The predicted molar refractivity (Wildman–Crippen MR) is 84.9 cm³/mol. The molecule has 104 valence electrons. The summed E-state index contributed by atoms with van der Waals surface area (Å²) in [6.45, 7) is 0.544. The first-order chi connectivity index (χ1) is 9.65. The van der Waals surface area contributed by atoms with E-state index in [1.165, 1.54) is 11.8 Å². The quantitative estimate of drug-likeness (QED) is 0.658. The van der Waals surface area contributed by atoms with E-state index in [1.807, 2.05) is 36.4 Å². The molecule has 1 amide bonds. The molecule has 0 spiro atoms. The van der Waals surface area contributed by atoms with Gasteiger partial charge in [-0.05, 0) is 23.8 Å². The lowest BCUT2D eigenvalue weighted by molar-refractivity contribution is -0.118. The molecule has 0 aliphatic rings. The van der Waals surface area contributed by atoms with E-state index < -0.39 is 0 Å². The Morgan fingerprint density at radius 3 is 2.65 bits per heavy atom. The summed E-state index contributed by atoms with van der Waals surface area (Å²) in [6.07, 6.45) is 0. The van der Waals surface area contributed by atoms with Crippen molar-refractivity contribution in [1.29, 1.82) is 0 Å². The normalized spacial score (nSPS) is 10.2. The Labute approximate surface area is 127 Å². The van der Waals surface area contributed by atoms with Gasteiger partial charge in [0.2, 0.25) is 5.91 Å². The molecule has 0 aromatic heterocycles. The minimum absolute atomic E-state index is 0.00759. The highest BCUT2D eigenvalue weighted by Gasteiger charge is 2.04. The van der Waals surface area contributed by atoms with Crippen LogP contribution in [-0.2, 0) is 11.3 Å². The van der Waals surface area contributed by atoms with Crippen LogP contribution in [-0.4, -0.2) is 11.7 Å². The lowest BCUT2D eigenvalue weighted by Gasteiger charge is -2.06. The molecular weight excluding hydrogens is 292 g/mol. The average molecular weight is 307 g/mol. The van der Waals surface area contributed by atoms with E-state index in [4.69, 9.17) is 17.3 Å². The number of nitrogen functional groups attached to an aromatic ring is 1. The van der Waals surface area contributed by atoms with Crippen molar-refractivity contribution >= 4 is 35.0 Å². The molecule has 0 saturated carbocycles. The molecule has 3 N–H and O–H groups in total. The van der Waals surface area contributed by atoms with Gasteiger partial charge in [-0.1, -0.05) is 41.9 Å². The zero-order valence-corrected chi connectivity index (χ0v) is 12.4. The number of amides is 1. The van der Waals surface area contributed by atoms with Gasteiger partial charge in [-0.2, -0.15) is 0 Å². The van der Waals surface area contributed by atoms with Gasteiger partial charge in [0, 0.05) is 11.4 Å². The summed E-state index contributed by atoms with van der Waals surface area (Å²) in [4.78, 5) is 12.7. The van der Waals surface area contributed by atoms with Crippen LogP contribution in [0.5, 0.6) is 0 Å². The van der Waals surface area contributed by atoms with Crippen molar-refractivity contribution in [3.8, 4) is 0 Å². The fraction of sp³-hybridized carbons (Fsp3) is 0.133. The van der Waals surface area contributed by atoms with E-state index in [-0.39, 0.29) is 5.91 Å². The first-order valence-electron chi connectivity index (χ1n) is 6.13.